The molecule has 0 aliphatic carbocycles. The predicted molar refractivity (Wildman–Crippen MR) is 90.6 cm³/mol. The highest BCUT2D eigenvalue weighted by Gasteiger charge is 2.28. The molecule has 126 valence electrons. The van der Waals surface area contributed by atoms with E-state index in [-0.39, 0.29) is 5.91 Å². The molecule has 1 aromatic rings. The first-order chi connectivity index (χ1) is 11.3. The Hall–Kier alpha value is -1.69. The molecule has 0 spiro atoms. The van der Waals surface area contributed by atoms with Crippen LogP contribution in [0, 0.1) is 11.8 Å². The Bertz CT molecular complexity index is 504. The van der Waals surface area contributed by atoms with Crippen molar-refractivity contribution < 1.29 is 4.79 Å². The van der Waals surface area contributed by atoms with Crippen LogP contribution in [0.3, 0.4) is 0 Å². The van der Waals surface area contributed by atoms with Crippen molar-refractivity contribution >= 4 is 11.7 Å². The summed E-state index contributed by atoms with van der Waals surface area (Å²) < 4.78 is 0. The highest BCUT2D eigenvalue weighted by Crippen LogP contribution is 2.31. The maximum absolute atomic E-state index is 11.7. The number of amides is 1. The largest absolute Gasteiger partial charge is 0.355 e. The third-order valence-corrected chi connectivity index (χ3v) is 5.13. The molecule has 0 saturated carbocycles. The second-order valence-electron chi connectivity index (χ2n) is 6.55. The summed E-state index contributed by atoms with van der Waals surface area (Å²) in [6, 6.07) is 3.69. The number of carbonyl (C=O) groups is 1. The number of nitrogens with one attached hydrogen (secondary N) is 2. The van der Waals surface area contributed by atoms with Gasteiger partial charge in [-0.05, 0) is 69.7 Å². The highest BCUT2D eigenvalue weighted by molar-refractivity contribution is 5.92. The van der Waals surface area contributed by atoms with Crippen molar-refractivity contribution in [3.8, 4) is 0 Å². The zero-order valence-electron chi connectivity index (χ0n) is 13.9. The fourth-order valence-corrected chi connectivity index (χ4v) is 3.78. The zero-order chi connectivity index (χ0) is 16.1. The first kappa shape index (κ1) is 16.2. The van der Waals surface area contributed by atoms with Gasteiger partial charge in [-0.1, -0.05) is 0 Å². The second-order valence-corrected chi connectivity index (χ2v) is 6.55. The van der Waals surface area contributed by atoms with E-state index in [0.717, 1.165) is 30.7 Å². The van der Waals surface area contributed by atoms with E-state index in [2.05, 4.69) is 25.7 Å². The van der Waals surface area contributed by atoms with E-state index in [1.807, 2.05) is 13.0 Å². The minimum absolute atomic E-state index is 0.156. The van der Waals surface area contributed by atoms with Crippen LogP contribution in [0.5, 0.6) is 0 Å². The summed E-state index contributed by atoms with van der Waals surface area (Å²) in [5.74, 6) is 2.48. The number of piperidine rings is 2. The fraction of sp³-hybridized carbons (Fsp3) is 0.706. The van der Waals surface area contributed by atoms with E-state index < -0.39 is 0 Å². The Balaban J connectivity index is 1.54. The van der Waals surface area contributed by atoms with Gasteiger partial charge in [0, 0.05) is 19.6 Å². The summed E-state index contributed by atoms with van der Waals surface area (Å²) in [4.78, 5) is 14.0. The molecular weight excluding hydrogens is 290 g/mol. The van der Waals surface area contributed by atoms with Crippen LogP contribution in [0.2, 0.25) is 0 Å². The molecule has 0 radical (unpaired) electrons. The molecule has 23 heavy (non-hydrogen) atoms. The van der Waals surface area contributed by atoms with Gasteiger partial charge in [0.25, 0.3) is 5.91 Å². The molecule has 1 aromatic heterocycles. The van der Waals surface area contributed by atoms with Crippen LogP contribution < -0.4 is 15.5 Å². The molecule has 2 saturated heterocycles. The fourth-order valence-electron chi connectivity index (χ4n) is 3.78. The van der Waals surface area contributed by atoms with E-state index in [1.165, 1.54) is 38.8 Å². The number of carbonyl (C=O) groups excluding carboxylic acids is 1. The highest BCUT2D eigenvalue weighted by atomic mass is 16.1. The number of rotatable bonds is 4. The third kappa shape index (κ3) is 3.99. The van der Waals surface area contributed by atoms with Gasteiger partial charge >= 0.3 is 0 Å². The van der Waals surface area contributed by atoms with Crippen LogP contribution >= 0.6 is 0 Å². The van der Waals surface area contributed by atoms with Crippen LogP contribution in [-0.2, 0) is 0 Å². The molecule has 1 amide bonds. The van der Waals surface area contributed by atoms with Gasteiger partial charge < -0.3 is 15.5 Å². The van der Waals surface area contributed by atoms with Gasteiger partial charge in [-0.2, -0.15) is 0 Å². The van der Waals surface area contributed by atoms with Crippen LogP contribution in [0.1, 0.15) is 43.1 Å². The molecule has 2 fully saturated rings. The monoisotopic (exact) mass is 317 g/mol. The minimum Gasteiger partial charge on any atom is -0.355 e. The van der Waals surface area contributed by atoms with E-state index in [9.17, 15) is 4.79 Å². The average Bonchev–Trinajstić information content (AvgIpc) is 2.63. The van der Waals surface area contributed by atoms with E-state index in [0.29, 0.717) is 12.2 Å². The maximum Gasteiger partial charge on any atom is 0.271 e. The summed E-state index contributed by atoms with van der Waals surface area (Å²) in [5, 5.41) is 14.5. The molecule has 3 rings (SSSR count). The van der Waals surface area contributed by atoms with E-state index in [4.69, 9.17) is 0 Å². The molecule has 0 atom stereocenters. The molecule has 2 aliphatic rings. The van der Waals surface area contributed by atoms with Crippen molar-refractivity contribution in [1.82, 2.24) is 20.8 Å². The van der Waals surface area contributed by atoms with Crippen molar-refractivity contribution in [3.05, 3.63) is 17.8 Å². The number of hydrogen-bond donors (Lipinski definition) is 2. The summed E-state index contributed by atoms with van der Waals surface area (Å²) in [5.41, 5.74) is 0.389. The smallest absolute Gasteiger partial charge is 0.271 e. The lowest BCUT2D eigenvalue weighted by Crippen LogP contribution is -2.39. The lowest BCUT2D eigenvalue weighted by atomic mass is 9.79. The Morgan fingerprint density at radius 2 is 1.87 bits per heavy atom. The lowest BCUT2D eigenvalue weighted by molar-refractivity contribution is 0.0950. The number of aromatic nitrogens is 2. The topological polar surface area (TPSA) is 70.2 Å². The summed E-state index contributed by atoms with van der Waals surface area (Å²) >= 11 is 0. The summed E-state index contributed by atoms with van der Waals surface area (Å²) in [6.07, 6.45) is 5.13. The molecular formula is C17H27N5O. The van der Waals surface area contributed by atoms with Crippen LogP contribution in [0.25, 0.3) is 0 Å². The molecule has 6 nitrogen and oxygen atoms in total. The average molecular weight is 317 g/mol. The number of nitrogens with zero attached hydrogens (tertiary/aromatic N) is 3. The van der Waals surface area contributed by atoms with Crippen LogP contribution in [0.4, 0.5) is 5.82 Å². The Morgan fingerprint density at radius 1 is 1.17 bits per heavy atom. The van der Waals surface area contributed by atoms with Gasteiger partial charge in [0.15, 0.2) is 11.5 Å². The van der Waals surface area contributed by atoms with E-state index in [1.54, 1.807) is 6.07 Å². The quantitative estimate of drug-likeness (QED) is 0.879. The summed E-state index contributed by atoms with van der Waals surface area (Å²) in [6.45, 7) is 6.95. The van der Waals surface area contributed by atoms with Crippen LogP contribution in [-0.4, -0.2) is 48.8 Å². The second kappa shape index (κ2) is 7.73. The Labute approximate surface area is 138 Å². The number of hydrogen-bond acceptors (Lipinski definition) is 5. The molecule has 0 aromatic carbocycles. The van der Waals surface area contributed by atoms with Gasteiger partial charge in [-0.25, -0.2) is 0 Å². The van der Waals surface area contributed by atoms with Crippen LogP contribution in [0.15, 0.2) is 12.1 Å². The Kier molecular flexibility index (Phi) is 5.43. The van der Waals surface area contributed by atoms with Gasteiger partial charge in [0.1, 0.15) is 0 Å². The van der Waals surface area contributed by atoms with Crippen molar-refractivity contribution in [1.29, 1.82) is 0 Å². The van der Waals surface area contributed by atoms with E-state index >= 15 is 0 Å². The normalized spacial score (nSPS) is 20.5. The molecule has 0 unspecified atom stereocenters. The minimum atomic E-state index is -0.156. The SMILES string of the molecule is CCNC(=O)c1ccc(N2CCC(C3CCNCC3)CC2)nn1. The first-order valence-corrected chi connectivity index (χ1v) is 8.85. The molecule has 2 aliphatic heterocycles. The first-order valence-electron chi connectivity index (χ1n) is 8.85. The van der Waals surface area contributed by atoms with Crippen molar-refractivity contribution in [3.63, 3.8) is 0 Å². The lowest BCUT2D eigenvalue weighted by Gasteiger charge is -2.38. The van der Waals surface area contributed by atoms with Gasteiger partial charge in [0.2, 0.25) is 0 Å². The van der Waals surface area contributed by atoms with Gasteiger partial charge in [0.05, 0.1) is 0 Å². The molecule has 0 bridgehead atoms. The zero-order valence-corrected chi connectivity index (χ0v) is 13.9. The maximum atomic E-state index is 11.7. The van der Waals surface area contributed by atoms with Gasteiger partial charge in [-0.15, -0.1) is 10.2 Å². The van der Waals surface area contributed by atoms with Crippen molar-refractivity contribution in [2.75, 3.05) is 37.6 Å². The standard InChI is InChI=1S/C17H27N5O/c1-2-19-17(23)15-3-4-16(21-20-15)22-11-7-14(8-12-22)13-5-9-18-10-6-13/h3-4,13-14,18H,2,5-12H2,1H3,(H,19,23). The molecule has 6 heteroatoms. The Morgan fingerprint density at radius 3 is 2.48 bits per heavy atom. The predicted octanol–water partition coefficient (Wildman–Crippen LogP) is 1.44. The molecule has 2 N–H and O–H groups in total. The molecule has 3 heterocycles. The third-order valence-electron chi connectivity index (χ3n) is 5.13. The summed E-state index contributed by atoms with van der Waals surface area (Å²) in [7, 11) is 0. The van der Waals surface area contributed by atoms with Crippen molar-refractivity contribution in [2.24, 2.45) is 11.8 Å². The number of anilines is 1. The van der Waals surface area contributed by atoms with Gasteiger partial charge in [-0.3, -0.25) is 4.79 Å². The van der Waals surface area contributed by atoms with Crippen molar-refractivity contribution in [2.45, 2.75) is 32.6 Å².